The van der Waals surface area contributed by atoms with E-state index < -0.39 is 0 Å². The summed E-state index contributed by atoms with van der Waals surface area (Å²) in [6, 6.07) is 3.67. The van der Waals surface area contributed by atoms with Gasteiger partial charge < -0.3 is 10.2 Å². The molecule has 3 aromatic rings. The maximum absolute atomic E-state index is 11.6. The minimum atomic E-state index is -0.226. The van der Waals surface area contributed by atoms with Gasteiger partial charge in [0, 0.05) is 12.5 Å². The number of aryl methyl sites for hydroxylation is 1. The monoisotopic (exact) mass is 354 g/mol. The van der Waals surface area contributed by atoms with Crippen molar-refractivity contribution in [2.75, 3.05) is 5.73 Å². The molecule has 0 amide bonds. The van der Waals surface area contributed by atoms with Gasteiger partial charge in [-0.3, -0.25) is 4.79 Å². The van der Waals surface area contributed by atoms with Gasteiger partial charge in [-0.15, -0.1) is 11.3 Å². The molecular formula is C15H12Cl2N2O2S. The zero-order chi connectivity index (χ0) is 16.0. The number of furan rings is 1. The van der Waals surface area contributed by atoms with E-state index in [0.29, 0.717) is 31.2 Å². The molecule has 3 heterocycles. The molecule has 4 nitrogen and oxygen atoms in total. The molecule has 7 heteroatoms. The van der Waals surface area contributed by atoms with Gasteiger partial charge in [0.25, 0.3) is 0 Å². The number of hydrogen-bond donors (Lipinski definition) is 1. The molecular weight excluding hydrogens is 343 g/mol. The highest BCUT2D eigenvalue weighted by atomic mass is 35.5. The molecule has 3 aromatic heterocycles. The van der Waals surface area contributed by atoms with Crippen LogP contribution in [0.15, 0.2) is 16.5 Å². The number of fused-ring (bicyclic) bond motifs is 1. The van der Waals surface area contributed by atoms with Crippen LogP contribution in [-0.2, 0) is 6.42 Å². The van der Waals surface area contributed by atoms with E-state index in [2.05, 4.69) is 4.98 Å². The van der Waals surface area contributed by atoms with E-state index in [9.17, 15) is 4.79 Å². The third kappa shape index (κ3) is 2.39. The lowest BCUT2D eigenvalue weighted by atomic mass is 10.1. The molecule has 0 saturated heterocycles. The van der Waals surface area contributed by atoms with Crippen LogP contribution in [0.1, 0.15) is 30.0 Å². The molecule has 0 bridgehead atoms. The molecule has 0 aromatic carbocycles. The van der Waals surface area contributed by atoms with Crippen molar-refractivity contribution in [1.29, 1.82) is 0 Å². The van der Waals surface area contributed by atoms with Crippen molar-refractivity contribution < 1.29 is 9.21 Å². The van der Waals surface area contributed by atoms with Gasteiger partial charge in [-0.05, 0) is 24.1 Å². The molecule has 2 N–H and O–H groups in total. The van der Waals surface area contributed by atoms with Crippen molar-refractivity contribution >= 4 is 57.1 Å². The number of Topliss-reactive ketones (excluding diaryl/α,β-unsaturated/α-hetero) is 1. The van der Waals surface area contributed by atoms with Gasteiger partial charge in [0.1, 0.15) is 4.34 Å². The fourth-order valence-corrected chi connectivity index (χ4v) is 3.87. The van der Waals surface area contributed by atoms with E-state index >= 15 is 0 Å². The van der Waals surface area contributed by atoms with Gasteiger partial charge in [-0.1, -0.05) is 30.1 Å². The van der Waals surface area contributed by atoms with E-state index in [1.165, 1.54) is 18.3 Å². The third-order valence-corrected chi connectivity index (χ3v) is 4.90. The Morgan fingerprint density at radius 1 is 1.41 bits per heavy atom. The first-order valence-electron chi connectivity index (χ1n) is 6.60. The molecule has 0 saturated carbocycles. The summed E-state index contributed by atoms with van der Waals surface area (Å²) in [5, 5.41) is 0.689. The minimum absolute atomic E-state index is 0.142. The molecule has 0 atom stereocenters. The zero-order valence-corrected chi connectivity index (χ0v) is 14.2. The molecule has 22 heavy (non-hydrogen) atoms. The molecule has 0 fully saturated rings. The highest BCUT2D eigenvalue weighted by molar-refractivity contribution is 7.20. The van der Waals surface area contributed by atoms with E-state index in [4.69, 9.17) is 33.4 Å². The molecule has 0 radical (unpaired) electrons. The molecule has 0 spiro atoms. The molecule has 0 aliphatic rings. The number of rotatable bonds is 3. The summed E-state index contributed by atoms with van der Waals surface area (Å²) in [4.78, 5) is 16.1. The SMILES string of the molecule is CCc1cc(-c2cc(Cl)sc2Cl)nc2oc(C(C)=O)c(N)c12. The van der Waals surface area contributed by atoms with Crippen LogP contribution in [0.4, 0.5) is 5.69 Å². The maximum Gasteiger partial charge on any atom is 0.229 e. The van der Waals surface area contributed by atoms with Gasteiger partial charge in [-0.2, -0.15) is 0 Å². The van der Waals surface area contributed by atoms with Crippen molar-refractivity contribution in [3.05, 3.63) is 32.1 Å². The predicted molar refractivity (Wildman–Crippen MR) is 91.1 cm³/mol. The van der Waals surface area contributed by atoms with Crippen LogP contribution in [0.2, 0.25) is 8.67 Å². The average molecular weight is 355 g/mol. The Morgan fingerprint density at radius 2 is 2.14 bits per heavy atom. The second-order valence-corrected chi connectivity index (χ2v) is 7.12. The smallest absolute Gasteiger partial charge is 0.229 e. The van der Waals surface area contributed by atoms with Crippen LogP contribution in [0.3, 0.4) is 0 Å². The number of pyridine rings is 1. The van der Waals surface area contributed by atoms with Gasteiger partial charge in [-0.25, -0.2) is 4.98 Å². The lowest BCUT2D eigenvalue weighted by molar-refractivity contribution is 0.0990. The quantitative estimate of drug-likeness (QED) is 0.655. The van der Waals surface area contributed by atoms with Crippen molar-refractivity contribution in [3.63, 3.8) is 0 Å². The standard InChI is InChI=1S/C15H12Cl2N2O2S/c1-3-7-4-9(8-5-10(16)22-14(8)17)19-15-11(7)12(18)13(21-15)6(2)20/h4-5H,3,18H2,1-2H3. The minimum Gasteiger partial charge on any atom is -0.432 e. The molecule has 0 unspecified atom stereocenters. The number of nitrogens with zero attached hydrogens (tertiary/aromatic N) is 1. The highest BCUT2D eigenvalue weighted by Crippen LogP contribution is 2.40. The van der Waals surface area contributed by atoms with E-state index in [-0.39, 0.29) is 11.5 Å². The highest BCUT2D eigenvalue weighted by Gasteiger charge is 2.21. The zero-order valence-electron chi connectivity index (χ0n) is 11.9. The molecule has 114 valence electrons. The van der Waals surface area contributed by atoms with Crippen molar-refractivity contribution in [1.82, 2.24) is 4.98 Å². The third-order valence-electron chi connectivity index (χ3n) is 3.41. The van der Waals surface area contributed by atoms with Crippen molar-refractivity contribution in [2.24, 2.45) is 0 Å². The number of hydrogen-bond acceptors (Lipinski definition) is 5. The first-order valence-corrected chi connectivity index (χ1v) is 8.17. The second kappa shape index (κ2) is 5.57. The Hall–Kier alpha value is -1.56. The molecule has 0 aliphatic heterocycles. The van der Waals surface area contributed by atoms with E-state index in [1.807, 2.05) is 13.0 Å². The van der Waals surface area contributed by atoms with Gasteiger partial charge in [0.15, 0.2) is 11.5 Å². The number of ketones is 1. The summed E-state index contributed by atoms with van der Waals surface area (Å²) in [7, 11) is 0. The summed E-state index contributed by atoms with van der Waals surface area (Å²) in [6.45, 7) is 3.41. The van der Waals surface area contributed by atoms with Gasteiger partial charge in [0.05, 0.1) is 21.1 Å². The van der Waals surface area contributed by atoms with Crippen LogP contribution in [-0.4, -0.2) is 10.8 Å². The van der Waals surface area contributed by atoms with Gasteiger partial charge >= 0.3 is 0 Å². The predicted octanol–water partition coefficient (Wildman–Crippen LogP) is 5.21. The Bertz CT molecular complexity index is 899. The number of aromatic nitrogens is 1. The Balaban J connectivity index is 2.31. The Kier molecular flexibility index (Phi) is 3.89. The van der Waals surface area contributed by atoms with Crippen LogP contribution >= 0.6 is 34.5 Å². The van der Waals surface area contributed by atoms with Crippen LogP contribution in [0.25, 0.3) is 22.4 Å². The maximum atomic E-state index is 11.6. The summed E-state index contributed by atoms with van der Waals surface area (Å²) in [5.74, 6) is -0.0838. The summed E-state index contributed by atoms with van der Waals surface area (Å²) < 4.78 is 6.70. The number of nitrogen functional groups attached to an aromatic ring is 1. The lowest BCUT2D eigenvalue weighted by Crippen LogP contribution is -1.96. The largest absolute Gasteiger partial charge is 0.432 e. The fraction of sp³-hybridized carbons (Fsp3) is 0.200. The molecule has 0 aliphatic carbocycles. The van der Waals surface area contributed by atoms with Crippen LogP contribution < -0.4 is 5.73 Å². The first kappa shape index (κ1) is 15.3. The Labute approximate surface area is 140 Å². The van der Waals surface area contributed by atoms with Crippen LogP contribution in [0, 0.1) is 0 Å². The van der Waals surface area contributed by atoms with Crippen molar-refractivity contribution in [3.8, 4) is 11.3 Å². The first-order chi connectivity index (χ1) is 10.4. The number of anilines is 1. The Morgan fingerprint density at radius 3 is 2.68 bits per heavy atom. The topological polar surface area (TPSA) is 69.1 Å². The van der Waals surface area contributed by atoms with Crippen LogP contribution in [0.5, 0.6) is 0 Å². The fourth-order valence-electron chi connectivity index (χ4n) is 2.39. The number of carbonyl (C=O) groups is 1. The van der Waals surface area contributed by atoms with E-state index in [1.54, 1.807) is 6.07 Å². The number of halogens is 2. The van der Waals surface area contributed by atoms with E-state index in [0.717, 1.165) is 17.5 Å². The number of carbonyl (C=O) groups excluding carboxylic acids is 1. The lowest BCUT2D eigenvalue weighted by Gasteiger charge is -2.04. The van der Waals surface area contributed by atoms with Crippen molar-refractivity contribution in [2.45, 2.75) is 20.3 Å². The summed E-state index contributed by atoms with van der Waals surface area (Å²) in [5.41, 5.74) is 9.07. The second-order valence-electron chi connectivity index (χ2n) is 4.84. The number of nitrogens with two attached hydrogens (primary N) is 1. The van der Waals surface area contributed by atoms with Gasteiger partial charge in [0.2, 0.25) is 5.71 Å². The summed E-state index contributed by atoms with van der Waals surface area (Å²) >= 11 is 13.5. The average Bonchev–Trinajstić information content (AvgIpc) is 2.98. The number of thiophene rings is 1. The summed E-state index contributed by atoms with van der Waals surface area (Å²) in [6.07, 6.45) is 0.725. The molecule has 3 rings (SSSR count). The normalized spacial score (nSPS) is 11.3.